The van der Waals surface area contributed by atoms with Crippen LogP contribution < -0.4 is 0 Å². The fraction of sp³-hybridized carbons (Fsp3) is 0. The standard InChI is InChI=1S/C16H8FN3/c1-18-14-9-20-15-8-10(17)6-7-13(15)19-16(20)12-5-3-2-4-11(12)14/h2-9H. The van der Waals surface area contributed by atoms with Gasteiger partial charge in [-0.05, 0) is 17.5 Å². The van der Waals surface area contributed by atoms with Crippen molar-refractivity contribution in [1.29, 1.82) is 0 Å². The highest BCUT2D eigenvalue weighted by molar-refractivity contribution is 6.04. The summed E-state index contributed by atoms with van der Waals surface area (Å²) in [5.74, 6) is -0.308. The highest BCUT2D eigenvalue weighted by Crippen LogP contribution is 2.31. The minimum Gasteiger partial charge on any atom is -0.310 e. The van der Waals surface area contributed by atoms with Crippen LogP contribution in [0.15, 0.2) is 48.7 Å². The molecule has 2 aromatic carbocycles. The molecule has 2 heterocycles. The van der Waals surface area contributed by atoms with Gasteiger partial charge < -0.3 is 4.40 Å². The van der Waals surface area contributed by atoms with Crippen molar-refractivity contribution in [1.82, 2.24) is 9.38 Å². The summed E-state index contributed by atoms with van der Waals surface area (Å²) in [5.41, 5.74) is 2.68. The largest absolute Gasteiger partial charge is 0.310 e. The molecule has 0 unspecified atom stereocenters. The van der Waals surface area contributed by atoms with E-state index in [1.807, 2.05) is 24.3 Å². The Morgan fingerprint density at radius 3 is 2.70 bits per heavy atom. The molecule has 2 aromatic heterocycles. The maximum Gasteiger partial charge on any atom is 0.211 e. The first-order valence-corrected chi connectivity index (χ1v) is 6.14. The number of benzene rings is 2. The van der Waals surface area contributed by atoms with Gasteiger partial charge in [0.05, 0.1) is 17.6 Å². The molecule has 20 heavy (non-hydrogen) atoms. The van der Waals surface area contributed by atoms with E-state index in [0.29, 0.717) is 11.2 Å². The van der Waals surface area contributed by atoms with Crippen LogP contribution in [0.3, 0.4) is 0 Å². The summed E-state index contributed by atoms with van der Waals surface area (Å²) >= 11 is 0. The second kappa shape index (κ2) is 3.78. The fourth-order valence-corrected chi connectivity index (χ4v) is 2.57. The van der Waals surface area contributed by atoms with Gasteiger partial charge >= 0.3 is 0 Å². The van der Waals surface area contributed by atoms with Crippen LogP contribution in [0.25, 0.3) is 32.3 Å². The topological polar surface area (TPSA) is 21.7 Å². The SMILES string of the molecule is [C-]#[N+]c1cn2c3cc(F)ccc3nc2c2ccccc12. The number of rotatable bonds is 0. The zero-order chi connectivity index (χ0) is 13.7. The predicted octanol–water partition coefficient (Wildman–Crippen LogP) is 4.33. The van der Waals surface area contributed by atoms with E-state index in [9.17, 15) is 4.39 Å². The van der Waals surface area contributed by atoms with Gasteiger partial charge in [0.15, 0.2) is 0 Å². The van der Waals surface area contributed by atoms with E-state index >= 15 is 0 Å². The molecule has 0 atom stereocenters. The molecule has 94 valence electrons. The number of imidazole rings is 1. The van der Waals surface area contributed by atoms with Crippen LogP contribution in [0.1, 0.15) is 0 Å². The van der Waals surface area contributed by atoms with Crippen LogP contribution in [0.5, 0.6) is 0 Å². The van der Waals surface area contributed by atoms with E-state index in [1.54, 1.807) is 16.7 Å². The van der Waals surface area contributed by atoms with E-state index in [4.69, 9.17) is 6.57 Å². The molecule has 0 aliphatic heterocycles. The lowest BCUT2D eigenvalue weighted by Gasteiger charge is -2.03. The van der Waals surface area contributed by atoms with Gasteiger partial charge in [-0.1, -0.05) is 24.3 Å². The molecular formula is C16H8FN3. The minimum absolute atomic E-state index is 0.308. The number of hydrogen-bond acceptors (Lipinski definition) is 1. The van der Waals surface area contributed by atoms with Crippen LogP contribution >= 0.6 is 0 Å². The molecule has 0 aliphatic carbocycles. The Bertz CT molecular complexity index is 1020. The molecule has 0 spiro atoms. The molecule has 0 aliphatic rings. The Balaban J connectivity index is 2.33. The van der Waals surface area contributed by atoms with Crippen LogP contribution in [0.4, 0.5) is 10.1 Å². The molecule has 0 fully saturated rings. The number of pyridine rings is 1. The van der Waals surface area contributed by atoms with Crippen molar-refractivity contribution in [3.8, 4) is 0 Å². The lowest BCUT2D eigenvalue weighted by Crippen LogP contribution is -1.86. The van der Waals surface area contributed by atoms with Crippen molar-refractivity contribution >= 4 is 33.1 Å². The van der Waals surface area contributed by atoms with Gasteiger partial charge in [-0.15, -0.1) is 0 Å². The zero-order valence-corrected chi connectivity index (χ0v) is 10.3. The summed E-state index contributed by atoms with van der Waals surface area (Å²) in [4.78, 5) is 8.12. The van der Waals surface area contributed by atoms with Crippen LogP contribution in [0, 0.1) is 12.4 Å². The van der Waals surface area contributed by atoms with Crippen LogP contribution in [0.2, 0.25) is 0 Å². The van der Waals surface area contributed by atoms with Crippen molar-refractivity contribution in [3.63, 3.8) is 0 Å². The van der Waals surface area contributed by atoms with Crippen molar-refractivity contribution < 1.29 is 4.39 Å². The van der Waals surface area contributed by atoms with Gasteiger partial charge in [0.2, 0.25) is 5.69 Å². The summed E-state index contributed by atoms with van der Waals surface area (Å²) in [6.07, 6.45) is 1.72. The van der Waals surface area contributed by atoms with Gasteiger partial charge in [-0.2, -0.15) is 0 Å². The van der Waals surface area contributed by atoms with Crippen LogP contribution in [-0.4, -0.2) is 9.38 Å². The summed E-state index contributed by atoms with van der Waals surface area (Å²) in [6.45, 7) is 7.32. The molecule has 0 bridgehead atoms. The van der Waals surface area contributed by atoms with Crippen molar-refractivity contribution in [2.24, 2.45) is 0 Å². The van der Waals surface area contributed by atoms with Gasteiger partial charge in [0, 0.05) is 17.6 Å². The maximum atomic E-state index is 13.4. The number of fused-ring (bicyclic) bond motifs is 5. The van der Waals surface area contributed by atoms with Gasteiger partial charge in [0.1, 0.15) is 11.5 Å². The van der Waals surface area contributed by atoms with Gasteiger partial charge in [-0.3, -0.25) is 0 Å². The molecule has 3 nitrogen and oxygen atoms in total. The smallest absolute Gasteiger partial charge is 0.211 e. The monoisotopic (exact) mass is 261 g/mol. The molecule has 0 saturated heterocycles. The van der Waals surface area contributed by atoms with E-state index < -0.39 is 0 Å². The Morgan fingerprint density at radius 1 is 1.10 bits per heavy atom. The normalized spacial score (nSPS) is 11.2. The predicted molar refractivity (Wildman–Crippen MR) is 76.4 cm³/mol. The molecular weight excluding hydrogens is 253 g/mol. The van der Waals surface area contributed by atoms with Gasteiger partial charge in [0.25, 0.3) is 0 Å². The summed E-state index contributed by atoms with van der Waals surface area (Å²) in [6, 6.07) is 12.1. The maximum absolute atomic E-state index is 13.4. The third-order valence-electron chi connectivity index (χ3n) is 3.47. The lowest BCUT2D eigenvalue weighted by molar-refractivity contribution is 0.629. The first-order valence-electron chi connectivity index (χ1n) is 6.14. The highest BCUT2D eigenvalue weighted by atomic mass is 19.1. The van der Waals surface area contributed by atoms with E-state index in [1.165, 1.54) is 12.1 Å². The summed E-state index contributed by atoms with van der Waals surface area (Å²) in [5, 5.41) is 1.77. The van der Waals surface area contributed by atoms with Crippen molar-refractivity contribution in [2.45, 2.75) is 0 Å². The third kappa shape index (κ3) is 1.35. The second-order valence-electron chi connectivity index (χ2n) is 4.61. The molecule has 0 N–H and O–H groups in total. The Kier molecular flexibility index (Phi) is 2.07. The Hall–Kier alpha value is -2.93. The zero-order valence-electron chi connectivity index (χ0n) is 10.3. The number of halogens is 1. The lowest BCUT2D eigenvalue weighted by atomic mass is 10.1. The molecule has 4 heteroatoms. The third-order valence-corrected chi connectivity index (χ3v) is 3.47. The van der Waals surface area contributed by atoms with E-state index in [-0.39, 0.29) is 5.82 Å². The van der Waals surface area contributed by atoms with Crippen molar-refractivity contribution in [2.75, 3.05) is 0 Å². The summed E-state index contributed by atoms with van der Waals surface area (Å²) < 4.78 is 15.2. The average Bonchev–Trinajstić information content (AvgIpc) is 2.84. The first-order chi connectivity index (χ1) is 9.78. The Morgan fingerprint density at radius 2 is 1.90 bits per heavy atom. The van der Waals surface area contributed by atoms with Gasteiger partial charge in [-0.25, -0.2) is 14.2 Å². The molecule has 0 saturated carbocycles. The number of hydrogen-bond donors (Lipinski definition) is 0. The molecule has 4 rings (SSSR count). The van der Waals surface area contributed by atoms with E-state index in [2.05, 4.69) is 9.83 Å². The highest BCUT2D eigenvalue weighted by Gasteiger charge is 2.11. The molecule has 4 aromatic rings. The fourth-order valence-electron chi connectivity index (χ4n) is 2.57. The quantitative estimate of drug-likeness (QED) is 0.432. The number of nitrogens with zero attached hydrogens (tertiary/aromatic N) is 3. The Labute approximate surface area is 113 Å². The number of aromatic nitrogens is 2. The minimum atomic E-state index is -0.308. The average molecular weight is 261 g/mol. The van der Waals surface area contributed by atoms with E-state index in [0.717, 1.165) is 21.9 Å². The summed E-state index contributed by atoms with van der Waals surface area (Å²) in [7, 11) is 0. The molecule has 0 radical (unpaired) electrons. The molecule has 0 amide bonds. The van der Waals surface area contributed by atoms with Crippen LogP contribution in [-0.2, 0) is 0 Å². The first kappa shape index (κ1) is 10.9. The second-order valence-corrected chi connectivity index (χ2v) is 4.61. The van der Waals surface area contributed by atoms with Crippen molar-refractivity contribution in [3.05, 3.63) is 65.9 Å².